The Morgan fingerprint density at radius 3 is 2.50 bits per heavy atom. The van der Waals surface area contributed by atoms with E-state index in [1.165, 1.54) is 28.4 Å². The van der Waals surface area contributed by atoms with Gasteiger partial charge < -0.3 is 9.47 Å². The van der Waals surface area contributed by atoms with Crippen LogP contribution in [0.2, 0.25) is 0 Å². The molecule has 28 heavy (non-hydrogen) atoms. The lowest BCUT2D eigenvalue weighted by molar-refractivity contribution is 0.0500. The fourth-order valence-corrected chi connectivity index (χ4v) is 6.71. The normalized spacial score (nSPS) is 14.0. The molecule has 2 atom stereocenters. The first-order valence-electron chi connectivity index (χ1n) is 10.0. The number of hydrogen-bond donors (Lipinski definition) is 0. The monoisotopic (exact) mass is 418 g/mol. The van der Waals surface area contributed by atoms with Gasteiger partial charge in [0, 0.05) is 17.8 Å². The van der Waals surface area contributed by atoms with Gasteiger partial charge in [0.1, 0.15) is 5.75 Å². The topological polar surface area (TPSA) is 18.5 Å². The highest BCUT2D eigenvalue weighted by atomic mass is 31.1. The van der Waals surface area contributed by atoms with Crippen LogP contribution < -0.4 is 10.0 Å². The first kappa shape index (κ1) is 23.3. The predicted octanol–water partition coefficient (Wildman–Crippen LogP) is 6.55. The SMILES string of the molecule is CCCC(C)(Pc1c(C)cccc1CP(C)C)c1cc(C)ccc1OCOC. The Balaban J connectivity index is 2.52. The average Bonchev–Trinajstić information content (AvgIpc) is 2.63. The molecule has 0 aliphatic rings. The summed E-state index contributed by atoms with van der Waals surface area (Å²) < 4.78 is 11.2. The van der Waals surface area contributed by atoms with Crippen LogP contribution in [0.4, 0.5) is 0 Å². The Kier molecular flexibility index (Phi) is 8.94. The Labute approximate surface area is 175 Å². The average molecular weight is 418 g/mol. The minimum absolute atomic E-state index is 0.0348. The van der Waals surface area contributed by atoms with Crippen molar-refractivity contribution in [1.82, 2.24) is 0 Å². The number of benzene rings is 2. The zero-order chi connectivity index (χ0) is 20.7. The van der Waals surface area contributed by atoms with E-state index in [0.717, 1.165) is 27.2 Å². The summed E-state index contributed by atoms with van der Waals surface area (Å²) in [4.78, 5) is 0. The summed E-state index contributed by atoms with van der Waals surface area (Å²) in [5.74, 6) is 0.958. The van der Waals surface area contributed by atoms with Crippen LogP contribution in [0.3, 0.4) is 0 Å². The van der Waals surface area contributed by atoms with Gasteiger partial charge in [0.2, 0.25) is 0 Å². The summed E-state index contributed by atoms with van der Waals surface area (Å²) in [5.41, 5.74) is 5.54. The van der Waals surface area contributed by atoms with E-state index < -0.39 is 0 Å². The molecule has 0 aliphatic heterocycles. The summed E-state index contributed by atoms with van der Waals surface area (Å²) in [7, 11) is 2.43. The van der Waals surface area contributed by atoms with E-state index in [4.69, 9.17) is 9.47 Å². The van der Waals surface area contributed by atoms with Gasteiger partial charge in [-0.15, -0.1) is 7.92 Å². The maximum absolute atomic E-state index is 5.98. The van der Waals surface area contributed by atoms with Crippen LogP contribution in [0.1, 0.15) is 48.9 Å². The van der Waals surface area contributed by atoms with Crippen LogP contribution in [0, 0.1) is 13.8 Å². The Bertz CT molecular complexity index is 773. The van der Waals surface area contributed by atoms with Crippen LogP contribution in [-0.2, 0) is 16.1 Å². The smallest absolute Gasteiger partial charge is 0.188 e. The molecule has 0 amide bonds. The van der Waals surface area contributed by atoms with Gasteiger partial charge in [-0.2, -0.15) is 0 Å². The summed E-state index contributed by atoms with van der Waals surface area (Å²) in [6.45, 7) is 14.2. The molecule has 0 radical (unpaired) electrons. The highest BCUT2D eigenvalue weighted by Crippen LogP contribution is 2.49. The summed E-state index contributed by atoms with van der Waals surface area (Å²) in [6.07, 6.45) is 3.48. The van der Waals surface area contributed by atoms with Crippen molar-refractivity contribution in [1.29, 1.82) is 0 Å². The number of ether oxygens (including phenoxy) is 2. The van der Waals surface area contributed by atoms with E-state index in [2.05, 4.69) is 77.4 Å². The van der Waals surface area contributed by atoms with Crippen LogP contribution in [0.25, 0.3) is 0 Å². The third-order valence-electron chi connectivity index (χ3n) is 5.06. The molecule has 0 heterocycles. The molecule has 2 unspecified atom stereocenters. The van der Waals surface area contributed by atoms with E-state index in [-0.39, 0.29) is 19.9 Å². The van der Waals surface area contributed by atoms with Crippen molar-refractivity contribution in [3.63, 3.8) is 0 Å². The highest BCUT2D eigenvalue weighted by molar-refractivity contribution is 7.55. The van der Waals surface area contributed by atoms with Crippen molar-refractivity contribution >= 4 is 21.8 Å². The van der Waals surface area contributed by atoms with E-state index in [0.29, 0.717) is 0 Å². The Morgan fingerprint density at radius 2 is 1.86 bits per heavy atom. The van der Waals surface area contributed by atoms with Gasteiger partial charge in [0.05, 0.1) is 0 Å². The number of rotatable bonds is 10. The third-order valence-corrected chi connectivity index (χ3v) is 8.07. The second kappa shape index (κ2) is 10.7. The zero-order valence-electron chi connectivity index (χ0n) is 18.6. The second-order valence-electron chi connectivity index (χ2n) is 8.10. The van der Waals surface area contributed by atoms with Gasteiger partial charge in [-0.1, -0.05) is 64.7 Å². The first-order valence-corrected chi connectivity index (χ1v) is 13.5. The van der Waals surface area contributed by atoms with Crippen LogP contribution >= 0.6 is 16.5 Å². The maximum Gasteiger partial charge on any atom is 0.188 e. The molecule has 0 saturated carbocycles. The standard InChI is InChI=1S/C24H36O2P2/c1-8-14-24(4,21-15-18(2)12-13-22(21)26-17-25-5)27-23-19(3)10-9-11-20(23)16-28(6)7/h9-13,15,27H,8,14,16-17H2,1-7H3. The zero-order valence-corrected chi connectivity index (χ0v) is 20.5. The third kappa shape index (κ3) is 6.03. The molecule has 2 aromatic carbocycles. The van der Waals surface area contributed by atoms with E-state index >= 15 is 0 Å². The van der Waals surface area contributed by atoms with E-state index in [1.54, 1.807) is 12.4 Å². The summed E-state index contributed by atoms with van der Waals surface area (Å²) in [6, 6.07) is 13.4. The lowest BCUT2D eigenvalue weighted by Crippen LogP contribution is -2.23. The highest BCUT2D eigenvalue weighted by Gasteiger charge is 2.31. The molecule has 0 aliphatic carbocycles. The molecule has 0 bridgehead atoms. The fraction of sp³-hybridized carbons (Fsp3) is 0.500. The van der Waals surface area contributed by atoms with Gasteiger partial charge in [-0.3, -0.25) is 0 Å². The fourth-order valence-electron chi connectivity index (χ4n) is 3.74. The van der Waals surface area contributed by atoms with E-state index in [9.17, 15) is 0 Å². The first-order chi connectivity index (χ1) is 13.3. The number of hydrogen-bond acceptors (Lipinski definition) is 2. The molecular weight excluding hydrogens is 382 g/mol. The molecule has 0 saturated heterocycles. The summed E-state index contributed by atoms with van der Waals surface area (Å²) in [5, 5.41) is 1.60. The van der Waals surface area contributed by atoms with Crippen molar-refractivity contribution in [2.75, 3.05) is 27.2 Å². The molecule has 0 aromatic heterocycles. The molecule has 2 nitrogen and oxygen atoms in total. The molecule has 2 rings (SSSR count). The molecular formula is C24H36O2P2. The molecule has 154 valence electrons. The van der Waals surface area contributed by atoms with Gasteiger partial charge in [-0.25, -0.2) is 0 Å². The number of methoxy groups -OCH3 is 1. The Morgan fingerprint density at radius 1 is 1.11 bits per heavy atom. The summed E-state index contributed by atoms with van der Waals surface area (Å²) >= 11 is 0. The minimum atomic E-state index is 0.0348. The second-order valence-corrected chi connectivity index (χ2v) is 12.4. The van der Waals surface area contributed by atoms with Crippen molar-refractivity contribution in [3.05, 3.63) is 58.7 Å². The lowest BCUT2D eigenvalue weighted by Gasteiger charge is -2.33. The largest absolute Gasteiger partial charge is 0.467 e. The molecule has 0 fully saturated rings. The van der Waals surface area contributed by atoms with Gasteiger partial charge in [-0.05, 0) is 62.3 Å². The molecule has 4 heteroatoms. The number of aryl methyl sites for hydroxylation is 2. The maximum atomic E-state index is 5.98. The Hall–Kier alpha value is -0.940. The van der Waals surface area contributed by atoms with Gasteiger partial charge >= 0.3 is 0 Å². The van der Waals surface area contributed by atoms with Crippen LogP contribution in [0.15, 0.2) is 36.4 Å². The van der Waals surface area contributed by atoms with Gasteiger partial charge in [0.25, 0.3) is 0 Å². The quantitative estimate of drug-likeness (QED) is 0.322. The van der Waals surface area contributed by atoms with Crippen molar-refractivity contribution in [2.45, 2.75) is 51.9 Å². The van der Waals surface area contributed by atoms with Gasteiger partial charge in [0.15, 0.2) is 6.79 Å². The minimum Gasteiger partial charge on any atom is -0.467 e. The van der Waals surface area contributed by atoms with E-state index in [1.807, 2.05) is 0 Å². The lowest BCUT2D eigenvalue weighted by atomic mass is 9.93. The molecule has 0 spiro atoms. The molecule has 2 aromatic rings. The predicted molar refractivity (Wildman–Crippen MR) is 128 cm³/mol. The molecule has 0 N–H and O–H groups in total. The van der Waals surface area contributed by atoms with Crippen LogP contribution in [0.5, 0.6) is 5.75 Å². The van der Waals surface area contributed by atoms with Crippen molar-refractivity contribution < 1.29 is 9.47 Å². The van der Waals surface area contributed by atoms with Crippen molar-refractivity contribution in [3.8, 4) is 5.75 Å². The van der Waals surface area contributed by atoms with Crippen molar-refractivity contribution in [2.24, 2.45) is 0 Å². The van der Waals surface area contributed by atoms with Crippen LogP contribution in [-0.4, -0.2) is 27.2 Å².